The number of nitrogens with one attached hydrogen (secondary N) is 3. The second-order valence-electron chi connectivity index (χ2n) is 5.47. The van der Waals surface area contributed by atoms with Gasteiger partial charge in [-0.1, -0.05) is 30.3 Å². The summed E-state index contributed by atoms with van der Waals surface area (Å²) in [6.45, 7) is 2.54. The molecule has 0 bridgehead atoms. The molecule has 124 valence electrons. The topological polar surface area (TPSA) is 122 Å². The third-order valence-electron chi connectivity index (χ3n) is 3.81. The molecule has 0 unspecified atom stereocenters. The van der Waals surface area contributed by atoms with E-state index in [2.05, 4.69) is 20.5 Å². The summed E-state index contributed by atoms with van der Waals surface area (Å²) >= 11 is 0. The minimum atomic E-state index is -0.539. The van der Waals surface area contributed by atoms with E-state index in [1.165, 1.54) is 4.57 Å². The molecule has 0 radical (unpaired) electrons. The Labute approximate surface area is 137 Å². The summed E-state index contributed by atoms with van der Waals surface area (Å²) < 4.78 is 1.33. The third kappa shape index (κ3) is 3.07. The highest BCUT2D eigenvalue weighted by molar-refractivity contribution is 5.60. The first kappa shape index (κ1) is 15.6. The summed E-state index contributed by atoms with van der Waals surface area (Å²) in [6, 6.07) is 9.42. The van der Waals surface area contributed by atoms with E-state index >= 15 is 0 Å². The van der Waals surface area contributed by atoms with Crippen LogP contribution in [0.4, 0.5) is 11.5 Å². The number of nitrogens with zero attached hydrogens (tertiary/aromatic N) is 2. The largest absolute Gasteiger partial charge is 0.383 e. The van der Waals surface area contributed by atoms with Gasteiger partial charge in [0, 0.05) is 17.8 Å². The lowest BCUT2D eigenvalue weighted by atomic mass is 10.2. The number of aryl methyl sites for hydroxylation is 1. The van der Waals surface area contributed by atoms with Crippen LogP contribution in [0.25, 0.3) is 0 Å². The lowest BCUT2D eigenvalue weighted by Gasteiger charge is -2.14. The van der Waals surface area contributed by atoms with Crippen LogP contribution in [-0.4, -0.2) is 19.7 Å². The smallest absolute Gasteiger partial charge is 0.330 e. The van der Waals surface area contributed by atoms with Crippen LogP contribution >= 0.6 is 0 Å². The van der Waals surface area contributed by atoms with Gasteiger partial charge < -0.3 is 11.1 Å². The van der Waals surface area contributed by atoms with Gasteiger partial charge in [-0.3, -0.25) is 19.4 Å². The summed E-state index contributed by atoms with van der Waals surface area (Å²) in [5.74, 6) is 0.105. The highest BCUT2D eigenvalue weighted by Crippen LogP contribution is 2.14. The van der Waals surface area contributed by atoms with E-state index in [1.54, 1.807) is 6.20 Å². The lowest BCUT2D eigenvalue weighted by molar-refractivity contribution is 0.733. The summed E-state index contributed by atoms with van der Waals surface area (Å²) in [5, 5.41) is 9.74. The van der Waals surface area contributed by atoms with Gasteiger partial charge in [-0.15, -0.1) is 0 Å². The van der Waals surface area contributed by atoms with Crippen molar-refractivity contribution in [3.05, 3.63) is 74.2 Å². The Morgan fingerprint density at radius 3 is 2.67 bits per heavy atom. The molecule has 8 nitrogen and oxygen atoms in total. The zero-order valence-corrected chi connectivity index (χ0v) is 13.2. The number of hydrogen-bond acceptors (Lipinski definition) is 5. The van der Waals surface area contributed by atoms with Crippen molar-refractivity contribution in [1.29, 1.82) is 0 Å². The van der Waals surface area contributed by atoms with Gasteiger partial charge in [0.25, 0.3) is 5.56 Å². The fourth-order valence-corrected chi connectivity index (χ4v) is 2.42. The van der Waals surface area contributed by atoms with Gasteiger partial charge in [0.05, 0.1) is 12.7 Å². The van der Waals surface area contributed by atoms with Gasteiger partial charge in [0.15, 0.2) is 0 Å². The number of anilines is 2. The number of nitrogens with two attached hydrogens (primary N) is 1. The summed E-state index contributed by atoms with van der Waals surface area (Å²) in [6.07, 6.45) is 1.67. The fourth-order valence-electron chi connectivity index (χ4n) is 2.42. The van der Waals surface area contributed by atoms with E-state index in [0.717, 1.165) is 16.8 Å². The maximum atomic E-state index is 12.1. The van der Waals surface area contributed by atoms with Crippen LogP contribution in [0.5, 0.6) is 0 Å². The fraction of sp³-hybridized carbons (Fsp3) is 0.188. The van der Waals surface area contributed by atoms with E-state index in [0.29, 0.717) is 6.54 Å². The monoisotopic (exact) mass is 326 g/mol. The van der Waals surface area contributed by atoms with Crippen LogP contribution in [0.2, 0.25) is 0 Å². The SMILES string of the molecule is Cc1[nH]ncc1CNc1c(N)n(Cc2ccccc2)c(=O)[nH]c1=O. The Kier molecular flexibility index (Phi) is 4.19. The van der Waals surface area contributed by atoms with E-state index in [1.807, 2.05) is 37.3 Å². The molecular weight excluding hydrogens is 308 g/mol. The van der Waals surface area contributed by atoms with E-state index in [9.17, 15) is 9.59 Å². The van der Waals surface area contributed by atoms with Crippen molar-refractivity contribution in [2.75, 3.05) is 11.1 Å². The highest BCUT2D eigenvalue weighted by atomic mass is 16.2. The molecule has 2 heterocycles. The second kappa shape index (κ2) is 6.45. The van der Waals surface area contributed by atoms with Crippen LogP contribution in [0.3, 0.4) is 0 Å². The molecule has 0 saturated heterocycles. The standard InChI is InChI=1S/C16H18N6O2/c1-10-12(8-19-21-10)7-18-13-14(17)22(16(24)20-15(13)23)9-11-5-3-2-4-6-11/h2-6,8,18H,7,9,17H2,1H3,(H,19,21)(H,20,23,24). The normalized spacial score (nSPS) is 10.7. The maximum absolute atomic E-state index is 12.1. The molecule has 0 aliphatic heterocycles. The summed E-state index contributed by atoms with van der Waals surface area (Å²) in [4.78, 5) is 26.5. The molecule has 3 aromatic rings. The molecule has 0 atom stereocenters. The van der Waals surface area contributed by atoms with Crippen molar-refractivity contribution in [2.45, 2.75) is 20.0 Å². The number of hydrogen-bond donors (Lipinski definition) is 4. The van der Waals surface area contributed by atoms with E-state index in [-0.39, 0.29) is 18.1 Å². The van der Waals surface area contributed by atoms with Gasteiger partial charge in [-0.2, -0.15) is 5.10 Å². The first-order valence-electron chi connectivity index (χ1n) is 7.45. The van der Waals surface area contributed by atoms with Crippen LogP contribution in [0.1, 0.15) is 16.8 Å². The molecule has 3 rings (SSSR count). The molecule has 0 amide bonds. The van der Waals surface area contributed by atoms with Gasteiger partial charge in [-0.25, -0.2) is 4.79 Å². The zero-order chi connectivity index (χ0) is 17.1. The van der Waals surface area contributed by atoms with Crippen LogP contribution in [0.15, 0.2) is 46.1 Å². The number of benzene rings is 1. The minimum Gasteiger partial charge on any atom is -0.383 e. The van der Waals surface area contributed by atoms with Crippen LogP contribution in [0, 0.1) is 6.92 Å². The van der Waals surface area contributed by atoms with E-state index in [4.69, 9.17) is 5.73 Å². The number of nitrogen functional groups attached to an aromatic ring is 1. The molecular formula is C16H18N6O2. The van der Waals surface area contributed by atoms with E-state index < -0.39 is 11.2 Å². The number of aromatic nitrogens is 4. The van der Waals surface area contributed by atoms with Gasteiger partial charge in [-0.05, 0) is 12.5 Å². The van der Waals surface area contributed by atoms with Crippen molar-refractivity contribution in [3.63, 3.8) is 0 Å². The molecule has 24 heavy (non-hydrogen) atoms. The van der Waals surface area contributed by atoms with Gasteiger partial charge in [0.2, 0.25) is 0 Å². The molecule has 0 fully saturated rings. The second-order valence-corrected chi connectivity index (χ2v) is 5.47. The zero-order valence-electron chi connectivity index (χ0n) is 13.2. The Morgan fingerprint density at radius 2 is 2.00 bits per heavy atom. The Bertz CT molecular complexity index is 955. The number of rotatable bonds is 5. The molecule has 0 aliphatic carbocycles. The Morgan fingerprint density at radius 1 is 1.25 bits per heavy atom. The van der Waals surface area contributed by atoms with Gasteiger partial charge in [0.1, 0.15) is 11.5 Å². The third-order valence-corrected chi connectivity index (χ3v) is 3.81. The molecule has 0 spiro atoms. The first-order chi connectivity index (χ1) is 11.6. The predicted octanol–water partition coefficient (Wildman–Crippen LogP) is 0.811. The van der Waals surface area contributed by atoms with Crippen molar-refractivity contribution in [3.8, 4) is 0 Å². The average Bonchev–Trinajstić information content (AvgIpc) is 2.97. The van der Waals surface area contributed by atoms with Crippen molar-refractivity contribution < 1.29 is 0 Å². The van der Waals surface area contributed by atoms with Crippen molar-refractivity contribution >= 4 is 11.5 Å². The molecule has 5 N–H and O–H groups in total. The predicted molar refractivity (Wildman–Crippen MR) is 91.9 cm³/mol. The van der Waals surface area contributed by atoms with Crippen LogP contribution in [-0.2, 0) is 13.1 Å². The van der Waals surface area contributed by atoms with Crippen molar-refractivity contribution in [1.82, 2.24) is 19.7 Å². The Balaban J connectivity index is 1.92. The molecule has 0 saturated carbocycles. The first-order valence-corrected chi connectivity index (χ1v) is 7.45. The molecule has 1 aromatic carbocycles. The molecule has 8 heteroatoms. The maximum Gasteiger partial charge on any atom is 0.330 e. The Hall–Kier alpha value is -3.29. The molecule has 0 aliphatic rings. The number of H-pyrrole nitrogens is 2. The highest BCUT2D eigenvalue weighted by Gasteiger charge is 2.13. The lowest BCUT2D eigenvalue weighted by Crippen LogP contribution is -2.34. The quantitative estimate of drug-likeness (QED) is 0.553. The summed E-state index contributed by atoms with van der Waals surface area (Å²) in [7, 11) is 0. The summed E-state index contributed by atoms with van der Waals surface area (Å²) in [5.41, 5.74) is 7.89. The van der Waals surface area contributed by atoms with Crippen LogP contribution < -0.4 is 22.3 Å². The molecule has 2 aromatic heterocycles. The number of aromatic amines is 2. The van der Waals surface area contributed by atoms with Crippen molar-refractivity contribution in [2.24, 2.45) is 0 Å². The average molecular weight is 326 g/mol. The minimum absolute atomic E-state index is 0.105. The van der Waals surface area contributed by atoms with Gasteiger partial charge >= 0.3 is 5.69 Å².